The highest BCUT2D eigenvalue weighted by Crippen LogP contribution is 2.34. The van der Waals surface area contributed by atoms with Crippen LogP contribution < -0.4 is 14.8 Å². The Balaban J connectivity index is 2.16. The maximum absolute atomic E-state index is 12.4. The van der Waals surface area contributed by atoms with Gasteiger partial charge < -0.3 is 19.5 Å². The van der Waals surface area contributed by atoms with Gasteiger partial charge in [-0.15, -0.1) is 0 Å². The summed E-state index contributed by atoms with van der Waals surface area (Å²) in [5, 5.41) is 2.85. The summed E-state index contributed by atoms with van der Waals surface area (Å²) in [5.74, 6) is -0.126. The van der Waals surface area contributed by atoms with Crippen LogP contribution in [0.5, 0.6) is 11.5 Å². The molecule has 1 N–H and O–H groups in total. The molecule has 0 saturated heterocycles. The number of hydrogen-bond donors (Lipinski definition) is 1. The van der Waals surface area contributed by atoms with Crippen LogP contribution in [0.4, 0.5) is 5.69 Å². The van der Waals surface area contributed by atoms with E-state index in [4.69, 9.17) is 25.8 Å². The lowest BCUT2D eigenvalue weighted by Crippen LogP contribution is -2.22. The third-order valence-electron chi connectivity index (χ3n) is 4.08. The van der Waals surface area contributed by atoms with Crippen LogP contribution in [-0.4, -0.2) is 32.7 Å². The van der Waals surface area contributed by atoms with Crippen molar-refractivity contribution in [3.8, 4) is 11.5 Å². The van der Waals surface area contributed by atoms with E-state index in [1.165, 1.54) is 26.4 Å². The fourth-order valence-electron chi connectivity index (χ4n) is 2.63. The van der Waals surface area contributed by atoms with Crippen LogP contribution in [0.1, 0.15) is 36.7 Å². The first-order valence-corrected chi connectivity index (χ1v) is 9.92. The summed E-state index contributed by atoms with van der Waals surface area (Å²) in [4.78, 5) is 24.2. The molecule has 2 rings (SSSR count). The van der Waals surface area contributed by atoms with Gasteiger partial charge in [-0.1, -0.05) is 48.3 Å². The zero-order valence-electron chi connectivity index (χ0n) is 16.9. The summed E-state index contributed by atoms with van der Waals surface area (Å²) in [7, 11) is 2.67. The van der Waals surface area contributed by atoms with Crippen molar-refractivity contribution >= 4 is 45.1 Å². The van der Waals surface area contributed by atoms with Crippen LogP contribution >= 0.6 is 27.5 Å². The molecular formula is C21H23BrClNO5. The van der Waals surface area contributed by atoms with Gasteiger partial charge in [-0.05, 0) is 29.7 Å². The Morgan fingerprint density at radius 2 is 1.79 bits per heavy atom. The minimum atomic E-state index is -0.588. The normalized spacial score (nSPS) is 11.0. The molecule has 0 atom stereocenters. The van der Waals surface area contributed by atoms with E-state index in [0.717, 1.165) is 10.0 Å². The fourth-order valence-corrected chi connectivity index (χ4v) is 3.20. The van der Waals surface area contributed by atoms with Crippen LogP contribution in [0.25, 0.3) is 0 Å². The Labute approximate surface area is 183 Å². The third-order valence-corrected chi connectivity index (χ3v) is 4.88. The first-order chi connectivity index (χ1) is 13.6. The highest BCUT2D eigenvalue weighted by atomic mass is 79.9. The maximum Gasteiger partial charge on any atom is 0.341 e. The predicted molar refractivity (Wildman–Crippen MR) is 116 cm³/mol. The van der Waals surface area contributed by atoms with Crippen LogP contribution in [0, 0.1) is 0 Å². The van der Waals surface area contributed by atoms with Gasteiger partial charge >= 0.3 is 5.97 Å². The highest BCUT2D eigenvalue weighted by Gasteiger charge is 2.21. The van der Waals surface area contributed by atoms with Gasteiger partial charge in [-0.25, -0.2) is 4.79 Å². The van der Waals surface area contributed by atoms with E-state index in [2.05, 4.69) is 42.0 Å². The van der Waals surface area contributed by atoms with Gasteiger partial charge in [0.1, 0.15) is 17.1 Å². The number of anilines is 1. The van der Waals surface area contributed by atoms with Crippen molar-refractivity contribution in [1.82, 2.24) is 0 Å². The molecule has 0 saturated carbocycles. The quantitative estimate of drug-likeness (QED) is 0.570. The van der Waals surface area contributed by atoms with Crippen molar-refractivity contribution in [2.75, 3.05) is 26.1 Å². The van der Waals surface area contributed by atoms with E-state index in [1.54, 1.807) is 0 Å². The number of rotatable bonds is 6. The fraction of sp³-hybridized carbons (Fsp3) is 0.333. The largest absolute Gasteiger partial charge is 0.496 e. The molecule has 0 bridgehead atoms. The Morgan fingerprint density at radius 1 is 1.10 bits per heavy atom. The second kappa shape index (κ2) is 9.50. The van der Waals surface area contributed by atoms with E-state index < -0.39 is 11.9 Å². The van der Waals surface area contributed by atoms with Crippen molar-refractivity contribution in [2.45, 2.75) is 26.2 Å². The van der Waals surface area contributed by atoms with Gasteiger partial charge in [-0.3, -0.25) is 4.79 Å². The van der Waals surface area contributed by atoms with Gasteiger partial charge in [0.25, 0.3) is 5.91 Å². The van der Waals surface area contributed by atoms with Crippen molar-refractivity contribution in [3.05, 3.63) is 51.0 Å². The Kier molecular flexibility index (Phi) is 7.54. The van der Waals surface area contributed by atoms with Crippen molar-refractivity contribution in [2.24, 2.45) is 0 Å². The van der Waals surface area contributed by atoms with Gasteiger partial charge in [0.2, 0.25) is 0 Å². The Bertz CT molecular complexity index is 924. The lowest BCUT2D eigenvalue weighted by atomic mass is 9.86. The minimum Gasteiger partial charge on any atom is -0.496 e. The van der Waals surface area contributed by atoms with Crippen LogP contribution in [0.2, 0.25) is 5.02 Å². The summed E-state index contributed by atoms with van der Waals surface area (Å²) >= 11 is 9.66. The molecule has 29 heavy (non-hydrogen) atoms. The average molecular weight is 485 g/mol. The van der Waals surface area contributed by atoms with Crippen LogP contribution in [0.15, 0.2) is 34.8 Å². The first kappa shape index (κ1) is 23.0. The molecule has 0 spiro atoms. The molecule has 0 aliphatic rings. The third kappa shape index (κ3) is 5.87. The first-order valence-electron chi connectivity index (χ1n) is 8.75. The number of ether oxygens (including phenoxy) is 3. The lowest BCUT2D eigenvalue weighted by molar-refractivity contribution is -0.118. The zero-order chi connectivity index (χ0) is 21.8. The molecular weight excluding hydrogens is 462 g/mol. The number of halogens is 2. The smallest absolute Gasteiger partial charge is 0.341 e. The van der Waals surface area contributed by atoms with Crippen molar-refractivity contribution in [1.29, 1.82) is 0 Å². The minimum absolute atomic E-state index is 0.157. The van der Waals surface area contributed by atoms with Crippen molar-refractivity contribution < 1.29 is 23.8 Å². The summed E-state index contributed by atoms with van der Waals surface area (Å²) in [6, 6.07) is 8.50. The number of esters is 1. The Hall–Kier alpha value is -2.25. The predicted octanol–water partition coefficient (Wildman–Crippen LogP) is 5.21. The highest BCUT2D eigenvalue weighted by molar-refractivity contribution is 9.10. The molecule has 2 aromatic carbocycles. The number of benzene rings is 2. The van der Waals surface area contributed by atoms with Crippen LogP contribution in [-0.2, 0) is 14.9 Å². The molecule has 6 nitrogen and oxygen atoms in total. The number of nitrogens with one attached hydrogen (secondary N) is 1. The second-order valence-corrected chi connectivity index (χ2v) is 8.57. The van der Waals surface area contributed by atoms with E-state index >= 15 is 0 Å². The topological polar surface area (TPSA) is 73.9 Å². The Morgan fingerprint density at radius 3 is 2.38 bits per heavy atom. The molecule has 0 radical (unpaired) electrons. The summed E-state index contributed by atoms with van der Waals surface area (Å²) in [6.07, 6.45) is 0. The summed E-state index contributed by atoms with van der Waals surface area (Å²) < 4.78 is 16.6. The number of hydrogen-bond acceptors (Lipinski definition) is 5. The monoisotopic (exact) mass is 483 g/mol. The van der Waals surface area contributed by atoms with Crippen molar-refractivity contribution in [3.63, 3.8) is 0 Å². The van der Waals surface area contributed by atoms with E-state index in [1.807, 2.05) is 18.2 Å². The van der Waals surface area contributed by atoms with E-state index in [9.17, 15) is 9.59 Å². The van der Waals surface area contributed by atoms with E-state index in [-0.39, 0.29) is 28.4 Å². The number of methoxy groups -OCH3 is 2. The van der Waals surface area contributed by atoms with Gasteiger partial charge in [0.05, 0.1) is 24.9 Å². The zero-order valence-corrected chi connectivity index (χ0v) is 19.2. The average Bonchev–Trinajstić information content (AvgIpc) is 2.66. The number of amides is 1. The number of carbonyl (C=O) groups excluding carboxylic acids is 2. The van der Waals surface area contributed by atoms with Gasteiger partial charge in [0.15, 0.2) is 6.61 Å². The SMILES string of the molecule is COC(=O)c1cc(Cl)c(NC(=O)COc2ccc(Br)cc2C(C)(C)C)cc1OC. The molecule has 0 aliphatic heterocycles. The van der Waals surface area contributed by atoms with Gasteiger partial charge in [-0.2, -0.15) is 0 Å². The molecule has 156 valence electrons. The summed E-state index contributed by atoms with van der Waals surface area (Å²) in [5.41, 5.74) is 1.29. The maximum atomic E-state index is 12.4. The standard InChI is InChI=1S/C21H23BrClNO5/c1-21(2,3)14-8-12(22)6-7-17(14)29-11-19(25)24-16-10-18(27-4)13(9-15(16)23)20(26)28-5/h6-10H,11H2,1-5H3,(H,24,25). The molecule has 0 aliphatic carbocycles. The molecule has 0 unspecified atom stereocenters. The molecule has 0 aromatic heterocycles. The van der Waals surface area contributed by atoms with Crippen LogP contribution in [0.3, 0.4) is 0 Å². The number of carbonyl (C=O) groups is 2. The van der Waals surface area contributed by atoms with Gasteiger partial charge in [0, 0.05) is 16.1 Å². The second-order valence-electron chi connectivity index (χ2n) is 7.25. The molecule has 1 amide bonds. The molecule has 2 aromatic rings. The molecule has 0 fully saturated rings. The summed E-state index contributed by atoms with van der Waals surface area (Å²) in [6.45, 7) is 5.99. The molecule has 0 heterocycles. The van der Waals surface area contributed by atoms with E-state index in [0.29, 0.717) is 11.4 Å². The lowest BCUT2D eigenvalue weighted by Gasteiger charge is -2.23. The molecule has 8 heteroatoms.